The van der Waals surface area contributed by atoms with E-state index in [1.807, 2.05) is 6.07 Å². The van der Waals surface area contributed by atoms with E-state index in [0.717, 1.165) is 19.4 Å². The van der Waals surface area contributed by atoms with E-state index >= 15 is 0 Å². The van der Waals surface area contributed by atoms with Crippen LogP contribution in [-0.2, 0) is 4.74 Å². The first-order valence-electron chi connectivity index (χ1n) is 7.03. The molecule has 1 aliphatic heterocycles. The van der Waals surface area contributed by atoms with Crippen LogP contribution in [0.5, 0.6) is 11.7 Å². The van der Waals surface area contributed by atoms with Gasteiger partial charge in [0.1, 0.15) is 0 Å². The van der Waals surface area contributed by atoms with Crippen molar-refractivity contribution < 1.29 is 18.6 Å². The summed E-state index contributed by atoms with van der Waals surface area (Å²) >= 11 is 0. The quantitative estimate of drug-likeness (QED) is 0.915. The van der Waals surface area contributed by atoms with Gasteiger partial charge in [-0.3, -0.25) is 0 Å². The van der Waals surface area contributed by atoms with E-state index in [-0.39, 0.29) is 12.0 Å². The molecule has 1 N–H and O–H groups in total. The first-order valence-corrected chi connectivity index (χ1v) is 7.03. The predicted octanol–water partition coefficient (Wildman–Crippen LogP) is 2.32. The molecule has 1 aromatic heterocycles. The molecule has 1 amide bonds. The molecule has 1 aliphatic rings. The van der Waals surface area contributed by atoms with Crippen molar-refractivity contribution in [3.05, 3.63) is 41.9 Å². The Morgan fingerprint density at radius 1 is 1.38 bits per heavy atom. The third-order valence-electron chi connectivity index (χ3n) is 3.35. The Labute approximate surface area is 123 Å². The Hall–Kier alpha value is -2.08. The second-order valence-electron chi connectivity index (χ2n) is 4.88. The van der Waals surface area contributed by atoms with Gasteiger partial charge >= 0.3 is 123 Å². The van der Waals surface area contributed by atoms with Crippen LogP contribution in [0.3, 0.4) is 0 Å². The van der Waals surface area contributed by atoms with Crippen LogP contribution >= 0.6 is 0 Å². The Morgan fingerprint density at radius 3 is 3.05 bits per heavy atom. The number of carbonyl (C=O) groups is 1. The molecule has 2 heterocycles. The first-order chi connectivity index (χ1) is 10.3. The number of nitrogens with one attached hydrogen (secondary N) is 1. The van der Waals surface area contributed by atoms with Crippen LogP contribution in [0.25, 0.3) is 0 Å². The van der Waals surface area contributed by atoms with Crippen molar-refractivity contribution in [1.29, 1.82) is 0 Å². The third kappa shape index (κ3) is 3.52. The van der Waals surface area contributed by atoms with Crippen molar-refractivity contribution in [1.82, 2.24) is 5.32 Å². The van der Waals surface area contributed by atoms with E-state index in [1.54, 1.807) is 30.2 Å². The van der Waals surface area contributed by atoms with Gasteiger partial charge in [0.05, 0.1) is 0 Å². The molecule has 1 unspecified atom stereocenters. The molecular weight excluding hydrogens is 269 g/mol. The molecule has 0 spiro atoms. The van der Waals surface area contributed by atoms with Gasteiger partial charge < -0.3 is 0 Å². The zero-order valence-electron chi connectivity index (χ0n) is 11.6. The second-order valence-corrected chi connectivity index (χ2v) is 4.88. The van der Waals surface area contributed by atoms with Gasteiger partial charge in [-0.1, -0.05) is 0 Å². The van der Waals surface area contributed by atoms with E-state index in [2.05, 4.69) is 5.32 Å². The summed E-state index contributed by atoms with van der Waals surface area (Å²) in [7, 11) is 1.52. The molecule has 1 fully saturated rings. The maximum atomic E-state index is 12.3. The summed E-state index contributed by atoms with van der Waals surface area (Å²) in [5.41, 5.74) is 0.479. The average molecular weight is 285 g/mol. The monoisotopic (exact) mass is 285 g/mol. The van der Waals surface area contributed by atoms with Crippen molar-refractivity contribution in [3.63, 3.8) is 0 Å². The molecule has 5 nitrogen and oxygen atoms in total. The van der Waals surface area contributed by atoms with Gasteiger partial charge in [-0.2, -0.15) is 0 Å². The Balaban J connectivity index is 1.67. The van der Waals surface area contributed by atoms with Crippen LogP contribution < -0.4 is 10.1 Å². The van der Waals surface area contributed by atoms with Gasteiger partial charge in [0.25, 0.3) is 0 Å². The SMILES string of the molecule is O=C(NCC1CCCO1)c1ccccc1Oc1ccbo1. The van der Waals surface area contributed by atoms with E-state index in [9.17, 15) is 4.79 Å². The molecule has 1 saturated heterocycles. The van der Waals surface area contributed by atoms with Crippen LogP contribution in [0.4, 0.5) is 0 Å². The summed E-state index contributed by atoms with van der Waals surface area (Å²) in [6.45, 7) is 1.30. The van der Waals surface area contributed by atoms with Gasteiger partial charge in [0.2, 0.25) is 0 Å². The summed E-state index contributed by atoms with van der Waals surface area (Å²) in [6, 6.07) is 8.78. The molecule has 3 rings (SSSR count). The van der Waals surface area contributed by atoms with Gasteiger partial charge in [-0.15, -0.1) is 0 Å². The topological polar surface area (TPSA) is 60.7 Å². The maximum absolute atomic E-state index is 12.3. The molecule has 1 atom stereocenters. The molecule has 0 aliphatic carbocycles. The van der Waals surface area contributed by atoms with Crippen molar-refractivity contribution >= 4 is 13.0 Å². The van der Waals surface area contributed by atoms with Crippen molar-refractivity contribution in [2.75, 3.05) is 13.2 Å². The molecule has 0 bridgehead atoms. The van der Waals surface area contributed by atoms with Crippen molar-refractivity contribution in [2.24, 2.45) is 0 Å². The number of ether oxygens (including phenoxy) is 2. The fourth-order valence-electron chi connectivity index (χ4n) is 2.28. The Morgan fingerprint density at radius 2 is 2.29 bits per heavy atom. The van der Waals surface area contributed by atoms with Gasteiger partial charge in [0, 0.05) is 0 Å². The molecule has 2 aromatic rings. The van der Waals surface area contributed by atoms with Crippen molar-refractivity contribution in [2.45, 2.75) is 18.9 Å². The summed E-state index contributed by atoms with van der Waals surface area (Å²) in [5, 5.41) is 2.89. The van der Waals surface area contributed by atoms with Gasteiger partial charge in [0.15, 0.2) is 0 Å². The first kappa shape index (κ1) is 13.9. The van der Waals surface area contributed by atoms with E-state index in [4.69, 9.17) is 13.8 Å². The number of amides is 1. The molecule has 1 aromatic carbocycles. The standard InChI is InChI=1S/C15H16BNO4/c18-15(17-10-11-4-3-9-19-11)12-5-1-2-6-13(12)20-14-7-8-16-21-14/h1-2,5-8,11H,3-4,9-10H2,(H,17,18). The molecule has 6 heteroatoms. The number of hydrogen-bond donors (Lipinski definition) is 1. The summed E-state index contributed by atoms with van der Waals surface area (Å²) in [5.74, 6) is 2.38. The van der Waals surface area contributed by atoms with E-state index in [1.165, 1.54) is 7.13 Å². The Bertz CT molecular complexity index is 593. The molecular formula is C15H16BNO4. The van der Waals surface area contributed by atoms with Crippen LogP contribution in [0.1, 0.15) is 23.2 Å². The summed E-state index contributed by atoms with van der Waals surface area (Å²) in [6.07, 6.45) is 2.16. The summed E-state index contributed by atoms with van der Waals surface area (Å²) in [4.78, 5) is 12.3. The Kier molecular flexibility index (Phi) is 4.35. The zero-order chi connectivity index (χ0) is 14.5. The molecule has 21 heavy (non-hydrogen) atoms. The predicted molar refractivity (Wildman–Crippen MR) is 77.9 cm³/mol. The summed E-state index contributed by atoms with van der Waals surface area (Å²) < 4.78 is 16.2. The minimum atomic E-state index is -0.173. The van der Waals surface area contributed by atoms with Crippen molar-refractivity contribution in [3.8, 4) is 11.7 Å². The molecule has 0 saturated carbocycles. The fourth-order valence-corrected chi connectivity index (χ4v) is 2.28. The average Bonchev–Trinajstić information content (AvgIpc) is 3.18. The number of para-hydroxylation sites is 1. The second kappa shape index (κ2) is 6.58. The van der Waals surface area contributed by atoms with Crippen LogP contribution in [-0.4, -0.2) is 32.3 Å². The molecule has 0 radical (unpaired) electrons. The van der Waals surface area contributed by atoms with E-state index < -0.39 is 0 Å². The van der Waals surface area contributed by atoms with Gasteiger partial charge in [-0.05, 0) is 0 Å². The third-order valence-corrected chi connectivity index (χ3v) is 3.35. The van der Waals surface area contributed by atoms with Crippen LogP contribution in [0.15, 0.2) is 40.6 Å². The number of carbonyl (C=O) groups excluding carboxylic acids is 1. The van der Waals surface area contributed by atoms with Crippen LogP contribution in [0, 0.1) is 0 Å². The number of benzene rings is 1. The minimum absolute atomic E-state index is 0.118. The zero-order valence-corrected chi connectivity index (χ0v) is 11.6. The molecule has 108 valence electrons. The van der Waals surface area contributed by atoms with Gasteiger partial charge in [-0.25, -0.2) is 0 Å². The van der Waals surface area contributed by atoms with E-state index in [0.29, 0.717) is 23.8 Å². The number of hydrogen-bond acceptors (Lipinski definition) is 4. The number of rotatable bonds is 5. The van der Waals surface area contributed by atoms with Crippen LogP contribution in [0.2, 0.25) is 0 Å². The normalized spacial score (nSPS) is 17.4. The fraction of sp³-hybridized carbons (Fsp3) is 0.333.